The van der Waals surface area contributed by atoms with E-state index in [-0.39, 0.29) is 5.92 Å². The van der Waals surface area contributed by atoms with E-state index in [0.29, 0.717) is 0 Å². The van der Waals surface area contributed by atoms with E-state index in [4.69, 9.17) is 4.99 Å². The molecule has 0 radical (unpaired) electrons. The van der Waals surface area contributed by atoms with Gasteiger partial charge in [0.05, 0.1) is 122 Å². The van der Waals surface area contributed by atoms with Gasteiger partial charge in [0.1, 0.15) is 0 Å². The van der Waals surface area contributed by atoms with E-state index in [1.807, 2.05) is 0 Å². The molecule has 8 bridgehead atoms. The van der Waals surface area contributed by atoms with Crippen LogP contribution < -0.4 is 10.7 Å². The van der Waals surface area contributed by atoms with Gasteiger partial charge in [-0.25, -0.2) is 4.99 Å². The monoisotopic (exact) mass is 825 g/mol. The van der Waals surface area contributed by atoms with Gasteiger partial charge in [0.2, 0.25) is 0 Å². The number of H-pyrrole nitrogens is 3. The first-order chi connectivity index (χ1) is 28.2. The van der Waals surface area contributed by atoms with Gasteiger partial charge in [-0.3, -0.25) is 0 Å². The summed E-state index contributed by atoms with van der Waals surface area (Å²) in [5, 5.41) is 2.46. The van der Waals surface area contributed by atoms with Crippen LogP contribution in [0.2, 0.25) is 0 Å². The lowest BCUT2D eigenvalue weighted by molar-refractivity contribution is -0.870. The molecule has 2 aliphatic heterocycles. The van der Waals surface area contributed by atoms with Crippen LogP contribution in [0.25, 0.3) is 16.7 Å². The van der Waals surface area contributed by atoms with Crippen molar-refractivity contribution < 1.29 is 17.9 Å². The normalized spacial score (nSPS) is 16.4. The van der Waals surface area contributed by atoms with Gasteiger partial charge >= 0.3 is 0 Å². The van der Waals surface area contributed by atoms with Crippen molar-refractivity contribution in [3.63, 3.8) is 0 Å². The van der Waals surface area contributed by atoms with Crippen LogP contribution in [0.1, 0.15) is 131 Å². The summed E-state index contributed by atoms with van der Waals surface area (Å²) in [6, 6.07) is 14.2. The van der Waals surface area contributed by atoms with Gasteiger partial charge in [0.25, 0.3) is 0 Å². The van der Waals surface area contributed by atoms with Crippen molar-refractivity contribution in [2.75, 3.05) is 111 Å². The van der Waals surface area contributed by atoms with Crippen molar-refractivity contribution in [2.24, 2.45) is 4.99 Å². The fraction of sp³-hybridized carbons (Fsp3) is 0.635. The molecule has 0 fully saturated rings. The predicted octanol–water partition coefficient (Wildman–Crippen LogP) is 8.95. The smallest absolute Gasteiger partial charge is 0.0780 e. The second-order valence-corrected chi connectivity index (χ2v) is 22.5. The summed E-state index contributed by atoms with van der Waals surface area (Å²) in [4.78, 5) is 17.6. The van der Waals surface area contributed by atoms with Crippen molar-refractivity contribution in [1.29, 1.82) is 0 Å². The largest absolute Gasteiger partial charge is 0.358 e. The number of allylic oxidation sites excluding steroid dienone is 3. The molecule has 8 heteroatoms. The van der Waals surface area contributed by atoms with Gasteiger partial charge < -0.3 is 32.9 Å². The Hall–Kier alpha value is -3.43. The van der Waals surface area contributed by atoms with Crippen LogP contribution in [0, 0.1) is 0 Å². The minimum absolute atomic E-state index is 0.278. The summed E-state index contributed by atoms with van der Waals surface area (Å²) >= 11 is 0. The second-order valence-electron chi connectivity index (χ2n) is 22.5. The Morgan fingerprint density at radius 1 is 0.417 bits per heavy atom. The first kappa shape index (κ1) is 47.6. The third-order valence-electron chi connectivity index (χ3n) is 12.5. The number of aromatic amines is 3. The highest BCUT2D eigenvalue weighted by Gasteiger charge is 2.23. The maximum absolute atomic E-state index is 5.54. The van der Waals surface area contributed by atoms with Gasteiger partial charge in [-0.2, -0.15) is 0 Å². The Balaban J connectivity index is 1.58. The molecule has 5 rings (SSSR count). The van der Waals surface area contributed by atoms with E-state index in [2.05, 4.69) is 148 Å². The van der Waals surface area contributed by atoms with Gasteiger partial charge in [-0.15, -0.1) is 0 Å². The van der Waals surface area contributed by atoms with Gasteiger partial charge in [0.15, 0.2) is 0 Å². The van der Waals surface area contributed by atoms with Gasteiger partial charge in [-0.05, 0) is 150 Å². The second kappa shape index (κ2) is 21.1. The standard InChI is InChI=1S/C52H88N8/c1-57(2,3)37-21-13-17-25-41-45-29-31-47(53-45)42(26-18-14-22-38-58(4,5)6)49-33-35-51(55-49)44(28-20-16-24-40-60(10,11)12)52-36-34-50(56-52)43(48-32-30-46(41)54-48)27-19-15-23-39-59(7,8)9/h29-36,41,53-55H,13-28,37-40H2,1-12H3/q+4. The number of aromatic nitrogens is 3. The minimum Gasteiger partial charge on any atom is -0.358 e. The van der Waals surface area contributed by atoms with E-state index < -0.39 is 0 Å². The highest BCUT2D eigenvalue weighted by molar-refractivity contribution is 6.26. The number of rotatable bonds is 24. The summed E-state index contributed by atoms with van der Waals surface area (Å²) in [6.07, 6.45) is 23.5. The summed E-state index contributed by atoms with van der Waals surface area (Å²) < 4.78 is 4.09. The highest BCUT2D eigenvalue weighted by Crippen LogP contribution is 2.35. The van der Waals surface area contributed by atoms with Crippen molar-refractivity contribution in [1.82, 2.24) is 15.0 Å². The number of unbranched alkanes of at least 4 members (excludes halogenated alkanes) is 8. The van der Waals surface area contributed by atoms with Crippen molar-refractivity contribution in [3.8, 4) is 0 Å². The number of nitrogens with one attached hydrogen (secondary N) is 3. The predicted molar refractivity (Wildman–Crippen MR) is 258 cm³/mol. The highest BCUT2D eigenvalue weighted by atomic mass is 15.3. The topological polar surface area (TPSA) is 59.7 Å². The Kier molecular flexibility index (Phi) is 16.7. The molecule has 0 spiro atoms. The third kappa shape index (κ3) is 15.5. The summed E-state index contributed by atoms with van der Waals surface area (Å²) in [6.45, 7) is 4.83. The van der Waals surface area contributed by atoms with Gasteiger partial charge in [-0.1, -0.05) is 6.42 Å². The molecule has 3 N–H and O–H groups in total. The van der Waals surface area contributed by atoms with Crippen molar-refractivity contribution in [2.45, 2.75) is 109 Å². The zero-order valence-electron chi connectivity index (χ0n) is 40.6. The molecule has 0 saturated carbocycles. The molecule has 332 valence electrons. The quantitative estimate of drug-likeness (QED) is 0.0598. The molecule has 8 nitrogen and oxygen atoms in total. The first-order valence-corrected chi connectivity index (χ1v) is 23.8. The maximum Gasteiger partial charge on any atom is 0.0780 e. The maximum atomic E-state index is 5.54. The average Bonchev–Trinajstić information content (AvgIpc) is 3.97. The van der Waals surface area contributed by atoms with Crippen LogP contribution in [0.15, 0.2) is 59.2 Å². The molecule has 3 aromatic heterocycles. The number of quaternary nitrogens is 4. The molecule has 0 amide bonds. The van der Waals surface area contributed by atoms with E-state index in [9.17, 15) is 0 Å². The Morgan fingerprint density at radius 2 is 0.833 bits per heavy atom. The van der Waals surface area contributed by atoms with E-state index in [1.165, 1.54) is 147 Å². The summed E-state index contributed by atoms with van der Waals surface area (Å²) in [5.74, 6) is 0.278. The molecule has 0 aromatic carbocycles. The molecular formula is C52H88N8+4. The molecule has 5 heterocycles. The van der Waals surface area contributed by atoms with Crippen LogP contribution in [0.3, 0.4) is 0 Å². The Labute approximate surface area is 366 Å². The molecular weight excluding hydrogens is 737 g/mol. The third-order valence-corrected chi connectivity index (χ3v) is 12.5. The van der Waals surface area contributed by atoms with Crippen LogP contribution >= 0.6 is 0 Å². The average molecular weight is 825 g/mol. The van der Waals surface area contributed by atoms with E-state index in [0.717, 1.165) is 61.4 Å². The molecule has 2 aliphatic rings. The zero-order chi connectivity index (χ0) is 43.6. The minimum atomic E-state index is 0.278. The fourth-order valence-electron chi connectivity index (χ4n) is 9.03. The number of hydrogen-bond donors (Lipinski definition) is 3. The molecule has 3 aromatic rings. The first-order valence-electron chi connectivity index (χ1n) is 23.8. The number of nitrogens with zero attached hydrogens (tertiary/aromatic N) is 5. The molecule has 0 saturated heterocycles. The van der Waals surface area contributed by atoms with E-state index in [1.54, 1.807) is 0 Å². The number of fused-ring (bicyclic) bond motifs is 7. The van der Waals surface area contributed by atoms with Crippen LogP contribution in [-0.2, 0) is 0 Å². The fourth-order valence-corrected chi connectivity index (χ4v) is 9.03. The van der Waals surface area contributed by atoms with Crippen LogP contribution in [0.5, 0.6) is 0 Å². The molecule has 60 heavy (non-hydrogen) atoms. The molecule has 0 aliphatic carbocycles. The lowest BCUT2D eigenvalue weighted by Gasteiger charge is -2.24. The van der Waals surface area contributed by atoms with Crippen molar-refractivity contribution >= 4 is 22.4 Å². The Bertz CT molecular complexity index is 2020. The van der Waals surface area contributed by atoms with Crippen LogP contribution in [-0.4, -0.2) is 149 Å². The zero-order valence-corrected chi connectivity index (χ0v) is 40.6. The number of aliphatic imine (C=N–C) groups is 1. The SMILES string of the molecule is C[N+](C)(C)CCCCCC1=C2C=CC(=N2)C(CCCCC[N+](C)(C)C)=c2ccc([nH]2)=C(CCCCC[N+](C)(C)C)c2ccc([nH]2)C(CCCCC[N+](C)(C)C)c2ccc1[nH]2. The summed E-state index contributed by atoms with van der Waals surface area (Å²) in [7, 11) is 27.7. The number of hydrogen-bond acceptors (Lipinski definition) is 1. The molecule has 1 atom stereocenters. The lowest BCUT2D eigenvalue weighted by Crippen LogP contribution is -2.35. The molecule has 1 unspecified atom stereocenters. The Morgan fingerprint density at radius 3 is 1.32 bits per heavy atom. The van der Waals surface area contributed by atoms with Crippen LogP contribution in [0.4, 0.5) is 0 Å². The lowest BCUT2D eigenvalue weighted by atomic mass is 9.94. The van der Waals surface area contributed by atoms with Gasteiger partial charge in [0, 0.05) is 50.5 Å². The van der Waals surface area contributed by atoms with E-state index >= 15 is 0 Å². The summed E-state index contributed by atoms with van der Waals surface area (Å²) in [5.41, 5.74) is 11.5. The van der Waals surface area contributed by atoms with Crippen molar-refractivity contribution in [3.05, 3.63) is 87.7 Å².